The largest absolute Gasteiger partial charge is 0.109 e. The van der Waals surface area contributed by atoms with E-state index in [9.17, 15) is 0 Å². The van der Waals surface area contributed by atoms with Gasteiger partial charge in [-0.3, -0.25) is 0 Å². The van der Waals surface area contributed by atoms with E-state index in [1.54, 1.807) is 0 Å². The van der Waals surface area contributed by atoms with Crippen LogP contribution in [-0.4, -0.2) is 7.85 Å². The van der Waals surface area contributed by atoms with Gasteiger partial charge in [-0.1, -0.05) is 39.4 Å². The molecular formula is C10H21B. The molecule has 0 aromatic rings. The van der Waals surface area contributed by atoms with Crippen LogP contribution in [0, 0.1) is 11.3 Å². The monoisotopic (exact) mass is 152 g/mol. The van der Waals surface area contributed by atoms with Crippen LogP contribution in [0.2, 0.25) is 5.31 Å². The van der Waals surface area contributed by atoms with Crippen LogP contribution >= 0.6 is 0 Å². The van der Waals surface area contributed by atoms with Gasteiger partial charge in [0.15, 0.2) is 0 Å². The third-order valence-corrected chi connectivity index (χ3v) is 4.61. The summed E-state index contributed by atoms with van der Waals surface area (Å²) in [6.45, 7) is 9.60. The van der Waals surface area contributed by atoms with Crippen molar-refractivity contribution in [1.29, 1.82) is 0 Å². The van der Waals surface area contributed by atoms with Crippen LogP contribution < -0.4 is 0 Å². The van der Waals surface area contributed by atoms with Crippen molar-refractivity contribution in [2.24, 2.45) is 11.3 Å². The molecule has 1 saturated carbocycles. The highest BCUT2D eigenvalue weighted by Gasteiger charge is 2.48. The predicted octanol–water partition coefficient (Wildman–Crippen LogP) is 2.64. The predicted molar refractivity (Wildman–Crippen MR) is 53.7 cm³/mol. The Morgan fingerprint density at radius 1 is 1.64 bits per heavy atom. The lowest BCUT2D eigenvalue weighted by molar-refractivity contribution is 0.0148. The molecule has 0 amide bonds. The Bertz CT molecular complexity index is 151. The first-order valence-electron chi connectivity index (χ1n) is 4.94. The smallest absolute Gasteiger partial charge is 0.0664 e. The summed E-state index contributed by atoms with van der Waals surface area (Å²) in [7, 11) is 2.42. The summed E-state index contributed by atoms with van der Waals surface area (Å²) >= 11 is 0. The van der Waals surface area contributed by atoms with Crippen molar-refractivity contribution in [2.75, 3.05) is 0 Å². The van der Waals surface area contributed by atoms with Gasteiger partial charge in [-0.05, 0) is 24.2 Å². The van der Waals surface area contributed by atoms with E-state index in [1.807, 2.05) is 0 Å². The summed E-state index contributed by atoms with van der Waals surface area (Å²) in [5.41, 5.74) is 0.627. The fourth-order valence-corrected chi connectivity index (χ4v) is 2.28. The minimum Gasteiger partial charge on any atom is -0.0664 e. The minimum atomic E-state index is 0.546. The molecule has 3 unspecified atom stereocenters. The Hall–Kier alpha value is 0.0649. The molecule has 1 aliphatic carbocycles. The molecule has 0 heterocycles. The summed E-state index contributed by atoms with van der Waals surface area (Å²) in [6.07, 6.45) is 4.20. The van der Waals surface area contributed by atoms with Crippen LogP contribution in [0.4, 0.5) is 0 Å². The van der Waals surface area contributed by atoms with E-state index in [0.29, 0.717) is 10.7 Å². The lowest BCUT2D eigenvalue weighted by Crippen LogP contribution is -2.44. The number of hydrogen-bond donors (Lipinski definition) is 0. The maximum Gasteiger partial charge on any atom is 0.109 e. The Labute approximate surface area is 72.2 Å². The van der Waals surface area contributed by atoms with Crippen molar-refractivity contribution in [1.82, 2.24) is 0 Å². The molecule has 0 bridgehead atoms. The average Bonchev–Trinajstić information content (AvgIpc) is 2.00. The van der Waals surface area contributed by atoms with E-state index < -0.39 is 0 Å². The molecule has 1 aliphatic rings. The van der Waals surface area contributed by atoms with E-state index in [0.717, 1.165) is 5.92 Å². The highest BCUT2D eigenvalue weighted by atomic mass is 14.5. The van der Waals surface area contributed by atoms with Crippen LogP contribution in [0.15, 0.2) is 0 Å². The van der Waals surface area contributed by atoms with Crippen LogP contribution in [0.3, 0.4) is 0 Å². The van der Waals surface area contributed by atoms with Gasteiger partial charge in [-0.15, -0.1) is 0 Å². The fourth-order valence-electron chi connectivity index (χ4n) is 2.28. The first-order valence-corrected chi connectivity index (χ1v) is 4.94. The van der Waals surface area contributed by atoms with Crippen LogP contribution in [0.25, 0.3) is 0 Å². The number of hydrogen-bond acceptors (Lipinski definition) is 0. The maximum atomic E-state index is 2.46. The maximum absolute atomic E-state index is 2.46. The second-order valence-corrected chi connectivity index (χ2v) is 5.09. The summed E-state index contributed by atoms with van der Waals surface area (Å²) in [5, 5.41) is 0.546. The minimum absolute atomic E-state index is 0.546. The summed E-state index contributed by atoms with van der Waals surface area (Å²) in [6, 6.07) is 0. The van der Waals surface area contributed by atoms with Gasteiger partial charge < -0.3 is 0 Å². The Morgan fingerprint density at radius 2 is 2.18 bits per heavy atom. The van der Waals surface area contributed by atoms with E-state index in [4.69, 9.17) is 0 Å². The van der Waals surface area contributed by atoms with Crippen molar-refractivity contribution in [3.05, 3.63) is 0 Å². The first-order chi connectivity index (χ1) is 4.94. The van der Waals surface area contributed by atoms with Crippen molar-refractivity contribution in [3.63, 3.8) is 0 Å². The topological polar surface area (TPSA) is 0 Å². The third kappa shape index (κ3) is 1.13. The normalized spacial score (nSPS) is 42.7. The molecule has 0 nitrogen and oxygen atoms in total. The molecule has 0 N–H and O–H groups in total. The summed E-state index contributed by atoms with van der Waals surface area (Å²) < 4.78 is 0. The third-order valence-electron chi connectivity index (χ3n) is 4.61. The van der Waals surface area contributed by atoms with E-state index in [-0.39, 0.29) is 0 Å². The van der Waals surface area contributed by atoms with Crippen LogP contribution in [0.5, 0.6) is 0 Å². The zero-order chi connectivity index (χ0) is 8.70. The molecule has 0 radical (unpaired) electrons. The second-order valence-electron chi connectivity index (χ2n) is 5.09. The molecule has 0 aromatic heterocycles. The zero-order valence-electron chi connectivity index (χ0n) is 8.70. The van der Waals surface area contributed by atoms with E-state index in [1.165, 1.54) is 19.3 Å². The van der Waals surface area contributed by atoms with E-state index in [2.05, 4.69) is 35.5 Å². The molecule has 0 saturated heterocycles. The van der Waals surface area contributed by atoms with Crippen LogP contribution in [0.1, 0.15) is 47.0 Å². The van der Waals surface area contributed by atoms with Crippen LogP contribution in [-0.2, 0) is 0 Å². The van der Waals surface area contributed by atoms with Crippen molar-refractivity contribution in [2.45, 2.75) is 52.3 Å². The summed E-state index contributed by atoms with van der Waals surface area (Å²) in [4.78, 5) is 0. The zero-order valence-corrected chi connectivity index (χ0v) is 8.70. The van der Waals surface area contributed by atoms with Gasteiger partial charge in [0.1, 0.15) is 7.85 Å². The fraction of sp³-hybridized carbons (Fsp3) is 1.00. The van der Waals surface area contributed by atoms with Gasteiger partial charge in [-0.25, -0.2) is 0 Å². The highest BCUT2D eigenvalue weighted by molar-refractivity contribution is 6.15. The molecule has 64 valence electrons. The lowest BCUT2D eigenvalue weighted by Gasteiger charge is -2.56. The molecule has 1 rings (SSSR count). The quantitative estimate of drug-likeness (QED) is 0.533. The van der Waals surface area contributed by atoms with Gasteiger partial charge in [0.2, 0.25) is 0 Å². The first kappa shape index (κ1) is 9.16. The number of rotatable bonds is 2. The second kappa shape index (κ2) is 2.53. The Balaban J connectivity index is 2.72. The molecule has 1 heteroatoms. The molecule has 0 aliphatic heterocycles. The van der Waals surface area contributed by atoms with Gasteiger partial charge in [0, 0.05) is 0 Å². The molecule has 0 aromatic carbocycles. The summed E-state index contributed by atoms with van der Waals surface area (Å²) in [5.74, 6) is 0.942. The van der Waals surface area contributed by atoms with Gasteiger partial charge >= 0.3 is 0 Å². The van der Waals surface area contributed by atoms with E-state index >= 15 is 0 Å². The molecule has 0 spiro atoms. The van der Waals surface area contributed by atoms with Crippen molar-refractivity contribution >= 4 is 7.85 Å². The average molecular weight is 152 g/mol. The highest BCUT2D eigenvalue weighted by Crippen LogP contribution is 2.61. The molecule has 11 heavy (non-hydrogen) atoms. The van der Waals surface area contributed by atoms with Crippen molar-refractivity contribution in [3.8, 4) is 0 Å². The molecular weight excluding hydrogens is 131 g/mol. The standard InChI is InChI=1S/C10H21B/c1-5-10(4,11)9(3)7-6-8(9)2/h8H,5-7,11H2,1-4H3. The van der Waals surface area contributed by atoms with Gasteiger partial charge in [0.05, 0.1) is 0 Å². The molecule has 3 atom stereocenters. The van der Waals surface area contributed by atoms with Gasteiger partial charge in [-0.2, -0.15) is 0 Å². The Kier molecular flexibility index (Phi) is 2.11. The SMILES string of the molecule is BC(C)(CC)C1(C)CCC1C. The van der Waals surface area contributed by atoms with Crippen molar-refractivity contribution < 1.29 is 0 Å². The molecule has 1 fully saturated rings. The lowest BCUT2D eigenvalue weighted by atomic mass is 9.42. The van der Waals surface area contributed by atoms with Gasteiger partial charge in [0.25, 0.3) is 0 Å². The Morgan fingerprint density at radius 3 is 2.27 bits per heavy atom.